The Morgan fingerprint density at radius 2 is 2.10 bits per heavy atom. The van der Waals surface area contributed by atoms with Crippen LogP contribution in [-0.2, 0) is 11.2 Å². The number of nitro groups is 1. The van der Waals surface area contributed by atoms with Gasteiger partial charge in [0.2, 0.25) is 0 Å². The highest BCUT2D eigenvalue weighted by atomic mass is 32.1. The van der Waals surface area contributed by atoms with Crippen molar-refractivity contribution < 1.29 is 14.5 Å². The van der Waals surface area contributed by atoms with E-state index in [1.165, 1.54) is 17.0 Å². The average Bonchev–Trinajstić information content (AvgIpc) is 2.98. The van der Waals surface area contributed by atoms with Crippen molar-refractivity contribution in [2.45, 2.75) is 6.42 Å². The number of ether oxygens (including phenoxy) is 1. The van der Waals surface area contributed by atoms with Gasteiger partial charge in [-0.1, -0.05) is 18.2 Å². The lowest BCUT2D eigenvalue weighted by Gasteiger charge is -2.07. The summed E-state index contributed by atoms with van der Waals surface area (Å²) in [6.45, 7) is 0.273. The molecule has 2 rings (SSSR count). The van der Waals surface area contributed by atoms with Crippen molar-refractivity contribution in [1.82, 2.24) is 5.32 Å². The monoisotopic (exact) mass is 306 g/mol. The number of benzene rings is 1. The van der Waals surface area contributed by atoms with Gasteiger partial charge in [0.15, 0.2) is 12.4 Å². The molecule has 2 aromatic rings. The molecule has 0 saturated carbocycles. The predicted octanol–water partition coefficient (Wildman–Crippen LogP) is 2.39. The molecule has 7 heteroatoms. The van der Waals surface area contributed by atoms with Crippen molar-refractivity contribution >= 4 is 22.9 Å². The number of thiophene rings is 1. The molecule has 0 aliphatic rings. The van der Waals surface area contributed by atoms with Gasteiger partial charge in [-0.3, -0.25) is 14.9 Å². The Balaban J connectivity index is 1.77. The lowest BCUT2D eigenvalue weighted by atomic mass is 10.3. The molecule has 1 aromatic carbocycles. The molecular formula is C14H14N2O4S. The van der Waals surface area contributed by atoms with Crippen LogP contribution in [0.15, 0.2) is 41.8 Å². The summed E-state index contributed by atoms with van der Waals surface area (Å²) < 4.78 is 5.20. The van der Waals surface area contributed by atoms with Gasteiger partial charge in [-0.2, -0.15) is 0 Å². The van der Waals surface area contributed by atoms with E-state index in [1.54, 1.807) is 23.5 Å². The highest BCUT2D eigenvalue weighted by Crippen LogP contribution is 2.25. The molecule has 1 heterocycles. The normalized spacial score (nSPS) is 10.1. The van der Waals surface area contributed by atoms with Crippen molar-refractivity contribution in [2.75, 3.05) is 13.2 Å². The zero-order chi connectivity index (χ0) is 15.1. The van der Waals surface area contributed by atoms with Gasteiger partial charge in [0.25, 0.3) is 5.91 Å². The summed E-state index contributed by atoms with van der Waals surface area (Å²) in [5, 5.41) is 15.5. The molecule has 21 heavy (non-hydrogen) atoms. The van der Waals surface area contributed by atoms with Gasteiger partial charge in [0.05, 0.1) is 4.92 Å². The van der Waals surface area contributed by atoms with Crippen molar-refractivity contribution in [3.05, 3.63) is 56.8 Å². The highest BCUT2D eigenvalue weighted by Gasteiger charge is 2.14. The van der Waals surface area contributed by atoms with Gasteiger partial charge in [-0.15, -0.1) is 11.3 Å². The van der Waals surface area contributed by atoms with Crippen molar-refractivity contribution in [3.8, 4) is 5.75 Å². The van der Waals surface area contributed by atoms with Crippen LogP contribution in [0.2, 0.25) is 0 Å². The van der Waals surface area contributed by atoms with Crippen LogP contribution in [0.1, 0.15) is 4.88 Å². The number of nitrogens with zero attached hydrogens (tertiary/aromatic N) is 1. The van der Waals surface area contributed by atoms with E-state index in [2.05, 4.69) is 5.32 Å². The Bertz CT molecular complexity index is 613. The van der Waals surface area contributed by atoms with Gasteiger partial charge >= 0.3 is 5.69 Å². The number of nitro benzene ring substituents is 1. The number of para-hydroxylation sites is 2. The second kappa shape index (κ2) is 7.39. The number of rotatable bonds is 7. The maximum atomic E-state index is 11.6. The Kier molecular flexibility index (Phi) is 5.28. The molecule has 0 bridgehead atoms. The van der Waals surface area contributed by atoms with Gasteiger partial charge in [0, 0.05) is 17.5 Å². The van der Waals surface area contributed by atoms with E-state index in [-0.39, 0.29) is 24.0 Å². The van der Waals surface area contributed by atoms with Gasteiger partial charge in [-0.25, -0.2) is 0 Å². The van der Waals surface area contributed by atoms with Crippen molar-refractivity contribution in [1.29, 1.82) is 0 Å². The third-order valence-electron chi connectivity index (χ3n) is 2.69. The van der Waals surface area contributed by atoms with Crippen LogP contribution in [0.5, 0.6) is 5.75 Å². The van der Waals surface area contributed by atoms with Gasteiger partial charge in [0.1, 0.15) is 0 Å². The second-order valence-corrected chi connectivity index (χ2v) is 5.23. The molecule has 110 valence electrons. The molecule has 0 aliphatic carbocycles. The number of carbonyl (C=O) groups excluding carboxylic acids is 1. The number of nitrogens with one attached hydrogen (secondary N) is 1. The minimum Gasteiger partial charge on any atom is -0.477 e. The molecule has 0 aliphatic heterocycles. The summed E-state index contributed by atoms with van der Waals surface area (Å²) in [4.78, 5) is 23.1. The lowest BCUT2D eigenvalue weighted by Crippen LogP contribution is -2.30. The molecular weight excluding hydrogens is 292 g/mol. The second-order valence-electron chi connectivity index (χ2n) is 4.19. The van der Waals surface area contributed by atoms with Crippen molar-refractivity contribution in [3.63, 3.8) is 0 Å². The third kappa shape index (κ3) is 4.57. The van der Waals surface area contributed by atoms with Crippen LogP contribution in [0.4, 0.5) is 5.69 Å². The summed E-state index contributed by atoms with van der Waals surface area (Å²) in [5.74, 6) is -0.208. The maximum Gasteiger partial charge on any atom is 0.310 e. The van der Waals surface area contributed by atoms with Gasteiger partial charge in [-0.05, 0) is 23.9 Å². The van der Waals surface area contributed by atoms with E-state index in [9.17, 15) is 14.9 Å². The number of hydrogen-bond donors (Lipinski definition) is 1. The molecule has 0 unspecified atom stereocenters. The molecule has 6 nitrogen and oxygen atoms in total. The molecule has 1 N–H and O–H groups in total. The first-order valence-electron chi connectivity index (χ1n) is 6.32. The zero-order valence-corrected chi connectivity index (χ0v) is 12.0. The van der Waals surface area contributed by atoms with Crippen LogP contribution in [0, 0.1) is 10.1 Å². The van der Waals surface area contributed by atoms with E-state index < -0.39 is 4.92 Å². The Hall–Kier alpha value is -2.41. The summed E-state index contributed by atoms with van der Waals surface area (Å²) >= 11 is 1.63. The molecule has 0 atom stereocenters. The number of hydrogen-bond acceptors (Lipinski definition) is 5. The van der Waals surface area contributed by atoms with Crippen molar-refractivity contribution in [2.24, 2.45) is 0 Å². The van der Waals surface area contributed by atoms with E-state index in [1.807, 2.05) is 17.5 Å². The zero-order valence-electron chi connectivity index (χ0n) is 11.2. The Morgan fingerprint density at radius 1 is 1.29 bits per heavy atom. The first kappa shape index (κ1) is 15.0. The Labute approximate surface area is 125 Å². The van der Waals surface area contributed by atoms with E-state index in [0.717, 1.165) is 6.42 Å². The SMILES string of the molecule is O=C(COc1ccccc1[N+](=O)[O-])NCCc1cccs1. The standard InChI is InChI=1S/C14H14N2O4S/c17-14(15-8-7-11-4-3-9-21-11)10-20-13-6-2-1-5-12(13)16(18)19/h1-6,9H,7-8,10H2,(H,15,17). The fourth-order valence-corrected chi connectivity index (χ4v) is 2.41. The van der Waals surface area contributed by atoms with Crippen LogP contribution >= 0.6 is 11.3 Å². The minimum absolute atomic E-state index is 0.0934. The first-order valence-corrected chi connectivity index (χ1v) is 7.20. The molecule has 1 amide bonds. The maximum absolute atomic E-state index is 11.6. The summed E-state index contributed by atoms with van der Waals surface area (Å²) in [5.41, 5.74) is -0.149. The van der Waals surface area contributed by atoms with E-state index >= 15 is 0 Å². The van der Waals surface area contributed by atoms with Crippen LogP contribution in [0.3, 0.4) is 0 Å². The third-order valence-corrected chi connectivity index (χ3v) is 3.63. The van der Waals surface area contributed by atoms with Crippen LogP contribution in [-0.4, -0.2) is 24.0 Å². The largest absolute Gasteiger partial charge is 0.477 e. The molecule has 0 radical (unpaired) electrons. The van der Waals surface area contributed by atoms with Crippen LogP contribution < -0.4 is 10.1 Å². The van der Waals surface area contributed by atoms with E-state index in [4.69, 9.17) is 4.74 Å². The van der Waals surface area contributed by atoms with E-state index in [0.29, 0.717) is 6.54 Å². The number of carbonyl (C=O) groups is 1. The minimum atomic E-state index is -0.538. The lowest BCUT2D eigenvalue weighted by molar-refractivity contribution is -0.385. The topological polar surface area (TPSA) is 81.5 Å². The summed E-state index contributed by atoms with van der Waals surface area (Å²) in [6.07, 6.45) is 0.759. The number of amides is 1. The molecule has 1 aromatic heterocycles. The first-order chi connectivity index (χ1) is 10.2. The fourth-order valence-electron chi connectivity index (χ4n) is 1.70. The fraction of sp³-hybridized carbons (Fsp3) is 0.214. The average molecular weight is 306 g/mol. The quantitative estimate of drug-likeness (QED) is 0.629. The summed E-state index contributed by atoms with van der Waals surface area (Å²) in [7, 11) is 0. The highest BCUT2D eigenvalue weighted by molar-refractivity contribution is 7.09. The van der Waals surface area contributed by atoms with Gasteiger partial charge < -0.3 is 10.1 Å². The predicted molar refractivity (Wildman–Crippen MR) is 79.6 cm³/mol. The molecule has 0 saturated heterocycles. The summed E-state index contributed by atoms with van der Waals surface area (Å²) in [6, 6.07) is 9.93. The molecule has 0 fully saturated rings. The molecule has 0 spiro atoms. The Morgan fingerprint density at radius 3 is 2.81 bits per heavy atom. The smallest absolute Gasteiger partial charge is 0.310 e. The van der Waals surface area contributed by atoms with Crippen LogP contribution in [0.25, 0.3) is 0 Å².